The molecule has 0 aromatic carbocycles. The predicted molar refractivity (Wildman–Crippen MR) is 91.1 cm³/mol. The lowest BCUT2D eigenvalue weighted by molar-refractivity contribution is -0.128. The summed E-state index contributed by atoms with van der Waals surface area (Å²) in [5.41, 5.74) is 1.24. The van der Waals surface area contributed by atoms with Gasteiger partial charge in [0.2, 0.25) is 5.91 Å². The molecule has 1 unspecified atom stereocenters. The van der Waals surface area contributed by atoms with Crippen LogP contribution >= 0.6 is 0 Å². The number of carbonyl (C=O) groups excluding carboxylic acids is 1. The highest BCUT2D eigenvalue weighted by molar-refractivity contribution is 5.79. The second kappa shape index (κ2) is 6.27. The van der Waals surface area contributed by atoms with E-state index in [0.717, 1.165) is 5.76 Å². The van der Waals surface area contributed by atoms with Crippen LogP contribution in [0.4, 0.5) is 0 Å². The van der Waals surface area contributed by atoms with E-state index in [0.29, 0.717) is 48.4 Å². The van der Waals surface area contributed by atoms with Crippen LogP contribution in [0.5, 0.6) is 0 Å². The highest BCUT2D eigenvalue weighted by Crippen LogP contribution is 2.29. The fourth-order valence-electron chi connectivity index (χ4n) is 3.18. The summed E-state index contributed by atoms with van der Waals surface area (Å²) in [6.07, 6.45) is 3.53. The molecule has 1 atom stereocenters. The van der Waals surface area contributed by atoms with Crippen LogP contribution in [0.1, 0.15) is 23.9 Å². The first-order valence-electron chi connectivity index (χ1n) is 8.49. The van der Waals surface area contributed by atoms with E-state index >= 15 is 0 Å². The van der Waals surface area contributed by atoms with Crippen LogP contribution < -0.4 is 0 Å². The van der Waals surface area contributed by atoms with Gasteiger partial charge in [-0.3, -0.25) is 9.89 Å². The van der Waals surface area contributed by atoms with E-state index < -0.39 is 0 Å². The summed E-state index contributed by atoms with van der Waals surface area (Å²) >= 11 is 0. The lowest BCUT2D eigenvalue weighted by atomic mass is 10.1. The van der Waals surface area contributed by atoms with Crippen molar-refractivity contribution >= 4 is 5.91 Å². The maximum Gasteiger partial charge on any atom is 0.275 e. The second-order valence-corrected chi connectivity index (χ2v) is 6.36. The van der Waals surface area contributed by atoms with Crippen LogP contribution in [0.2, 0.25) is 0 Å². The van der Waals surface area contributed by atoms with Crippen molar-refractivity contribution in [2.45, 2.75) is 18.9 Å². The van der Waals surface area contributed by atoms with Crippen molar-refractivity contribution in [3.05, 3.63) is 54.4 Å². The molecule has 9 heteroatoms. The van der Waals surface area contributed by atoms with Crippen LogP contribution in [0.15, 0.2) is 56.2 Å². The van der Waals surface area contributed by atoms with Gasteiger partial charge in [0.05, 0.1) is 19.1 Å². The smallest absolute Gasteiger partial charge is 0.275 e. The molecule has 9 nitrogen and oxygen atoms in total. The molecule has 0 aliphatic carbocycles. The minimum Gasteiger partial charge on any atom is -0.467 e. The van der Waals surface area contributed by atoms with E-state index in [9.17, 15) is 4.79 Å². The van der Waals surface area contributed by atoms with E-state index in [2.05, 4.69) is 20.3 Å². The monoisotopic (exact) mass is 365 g/mol. The highest BCUT2D eigenvalue weighted by atomic mass is 16.5. The van der Waals surface area contributed by atoms with Crippen LogP contribution in [-0.2, 0) is 11.3 Å². The summed E-state index contributed by atoms with van der Waals surface area (Å²) in [6.45, 7) is 0.971. The Morgan fingerprint density at radius 2 is 2.11 bits per heavy atom. The molecule has 1 saturated heterocycles. The lowest BCUT2D eigenvalue weighted by Gasteiger charge is -2.13. The molecule has 27 heavy (non-hydrogen) atoms. The molecule has 1 N–H and O–H groups in total. The van der Waals surface area contributed by atoms with Crippen molar-refractivity contribution in [2.24, 2.45) is 0 Å². The molecule has 136 valence electrons. The first kappa shape index (κ1) is 15.6. The maximum absolute atomic E-state index is 12.3. The van der Waals surface area contributed by atoms with Gasteiger partial charge in [0, 0.05) is 24.9 Å². The highest BCUT2D eigenvalue weighted by Gasteiger charge is 2.34. The average molecular weight is 365 g/mol. The molecule has 0 spiro atoms. The topological polar surface area (TPSA) is 114 Å². The Kier molecular flexibility index (Phi) is 3.63. The zero-order chi connectivity index (χ0) is 18.2. The maximum atomic E-state index is 12.3. The molecular weight excluding hydrogens is 350 g/mol. The van der Waals surface area contributed by atoms with E-state index in [-0.39, 0.29) is 11.8 Å². The Morgan fingerprint density at radius 1 is 1.22 bits per heavy atom. The molecule has 1 aliphatic rings. The number of aromatic nitrogens is 4. The van der Waals surface area contributed by atoms with Crippen LogP contribution in [0.3, 0.4) is 0 Å². The third-order valence-corrected chi connectivity index (χ3v) is 4.53. The SMILES string of the molecule is O=C1CC(c2noc(-c3cc(-c4ccco4)n[nH]3)n2)CN1Cc1ccco1. The van der Waals surface area contributed by atoms with Crippen molar-refractivity contribution < 1.29 is 18.2 Å². The van der Waals surface area contributed by atoms with Gasteiger partial charge < -0.3 is 18.3 Å². The molecule has 1 amide bonds. The Labute approximate surface area is 153 Å². The van der Waals surface area contributed by atoms with Crippen molar-refractivity contribution in [2.75, 3.05) is 6.54 Å². The number of rotatable bonds is 5. The minimum absolute atomic E-state index is 0.0457. The van der Waals surface area contributed by atoms with Crippen LogP contribution in [0.25, 0.3) is 23.0 Å². The summed E-state index contributed by atoms with van der Waals surface area (Å²) in [6, 6.07) is 9.04. The zero-order valence-electron chi connectivity index (χ0n) is 14.2. The van der Waals surface area contributed by atoms with Gasteiger partial charge in [0.15, 0.2) is 11.6 Å². The van der Waals surface area contributed by atoms with Gasteiger partial charge in [0.25, 0.3) is 5.89 Å². The standard InChI is InChI=1S/C18H15N5O4/c24-16-7-11(9-23(16)10-12-3-1-5-25-12)17-19-18(27-22-17)14-8-13(20-21-14)15-4-2-6-26-15/h1-6,8,11H,7,9-10H2,(H,20,21). The Morgan fingerprint density at radius 3 is 2.93 bits per heavy atom. The number of H-pyrrole nitrogens is 1. The van der Waals surface area contributed by atoms with E-state index in [1.165, 1.54) is 0 Å². The van der Waals surface area contributed by atoms with Gasteiger partial charge in [-0.2, -0.15) is 10.1 Å². The summed E-state index contributed by atoms with van der Waals surface area (Å²) in [7, 11) is 0. The third-order valence-electron chi connectivity index (χ3n) is 4.53. The Bertz CT molecular complexity index is 1050. The number of nitrogens with zero attached hydrogens (tertiary/aromatic N) is 4. The van der Waals surface area contributed by atoms with Crippen molar-refractivity contribution in [1.82, 2.24) is 25.2 Å². The molecule has 5 rings (SSSR count). The lowest BCUT2D eigenvalue weighted by Crippen LogP contribution is -2.24. The summed E-state index contributed by atoms with van der Waals surface area (Å²) in [5.74, 6) is 2.16. The fourth-order valence-corrected chi connectivity index (χ4v) is 3.18. The zero-order valence-corrected chi connectivity index (χ0v) is 14.2. The number of hydrogen-bond donors (Lipinski definition) is 1. The minimum atomic E-state index is -0.113. The summed E-state index contributed by atoms with van der Waals surface area (Å²) < 4.78 is 16.0. The van der Waals surface area contributed by atoms with Gasteiger partial charge in [-0.1, -0.05) is 5.16 Å². The average Bonchev–Trinajstić information content (AvgIpc) is 3.47. The van der Waals surface area contributed by atoms with E-state index in [1.807, 2.05) is 12.1 Å². The van der Waals surface area contributed by atoms with E-state index in [4.69, 9.17) is 13.4 Å². The van der Waals surface area contributed by atoms with E-state index in [1.54, 1.807) is 35.6 Å². The predicted octanol–water partition coefficient (Wildman–Crippen LogP) is 2.83. The molecule has 0 saturated carbocycles. The second-order valence-electron chi connectivity index (χ2n) is 6.36. The van der Waals surface area contributed by atoms with Crippen LogP contribution in [0, 0.1) is 0 Å². The summed E-state index contributed by atoms with van der Waals surface area (Å²) in [5, 5.41) is 11.1. The van der Waals surface area contributed by atoms with Crippen molar-refractivity contribution in [1.29, 1.82) is 0 Å². The number of amides is 1. The number of hydrogen-bond acceptors (Lipinski definition) is 7. The molecule has 0 bridgehead atoms. The fraction of sp³-hybridized carbons (Fsp3) is 0.222. The van der Waals surface area contributed by atoms with Crippen LogP contribution in [-0.4, -0.2) is 37.7 Å². The van der Waals surface area contributed by atoms with Crippen molar-refractivity contribution in [3.63, 3.8) is 0 Å². The van der Waals surface area contributed by atoms with Gasteiger partial charge in [-0.25, -0.2) is 0 Å². The molecule has 1 fully saturated rings. The quantitative estimate of drug-likeness (QED) is 0.578. The molecular formula is C18H15N5O4. The van der Waals surface area contributed by atoms with Gasteiger partial charge >= 0.3 is 0 Å². The van der Waals surface area contributed by atoms with Gasteiger partial charge in [-0.15, -0.1) is 0 Å². The molecule has 4 aromatic rings. The summed E-state index contributed by atoms with van der Waals surface area (Å²) in [4.78, 5) is 18.4. The van der Waals surface area contributed by atoms with Gasteiger partial charge in [-0.05, 0) is 24.3 Å². The number of carbonyl (C=O) groups is 1. The first-order chi connectivity index (χ1) is 13.3. The molecule has 5 heterocycles. The first-order valence-corrected chi connectivity index (χ1v) is 8.49. The van der Waals surface area contributed by atoms with Gasteiger partial charge in [0.1, 0.15) is 17.1 Å². The Hall–Kier alpha value is -3.62. The molecule has 0 radical (unpaired) electrons. The third kappa shape index (κ3) is 2.92. The number of likely N-dealkylation sites (tertiary alicyclic amines) is 1. The Balaban J connectivity index is 1.32. The number of furan rings is 2. The molecule has 1 aliphatic heterocycles. The molecule has 4 aromatic heterocycles. The number of aromatic amines is 1. The van der Waals surface area contributed by atoms with Crippen molar-refractivity contribution in [3.8, 4) is 23.0 Å². The number of nitrogens with one attached hydrogen (secondary N) is 1. The normalized spacial score (nSPS) is 17.1. The largest absolute Gasteiger partial charge is 0.467 e.